The van der Waals surface area contributed by atoms with Crippen molar-refractivity contribution in [1.29, 1.82) is 0 Å². The lowest BCUT2D eigenvalue weighted by Gasteiger charge is -2.17. The lowest BCUT2D eigenvalue weighted by molar-refractivity contribution is 0.596. The molecule has 6 heteroatoms. The van der Waals surface area contributed by atoms with Gasteiger partial charge in [-0.1, -0.05) is 60.7 Å². The number of hydrogen-bond donors (Lipinski definition) is 0. The molecule has 0 amide bonds. The predicted molar refractivity (Wildman–Crippen MR) is 77.7 cm³/mol. The molecule has 0 N–H and O–H groups in total. The molecule has 2 rings (SSSR count). The molecule has 0 aliphatic carbocycles. The van der Waals surface area contributed by atoms with E-state index in [0.717, 1.165) is 0 Å². The van der Waals surface area contributed by atoms with Crippen LogP contribution in [0, 0.1) is 0 Å². The van der Waals surface area contributed by atoms with Gasteiger partial charge < -0.3 is 0 Å². The Labute approximate surface area is 117 Å². The third-order valence-corrected chi connectivity index (χ3v) is 7.76. The highest BCUT2D eigenvalue weighted by atomic mass is 28.4. The van der Waals surface area contributed by atoms with E-state index in [4.69, 9.17) is 0 Å². The zero-order chi connectivity index (χ0) is 14.6. The molecule has 20 heavy (non-hydrogen) atoms. The molecule has 2 aromatic carbocycles. The molecule has 0 fully saturated rings. The van der Waals surface area contributed by atoms with E-state index in [9.17, 15) is 16.4 Å². The summed E-state index contributed by atoms with van der Waals surface area (Å²) in [5.41, 5.74) is 0. The molecule has 0 radical (unpaired) electrons. The van der Waals surface area contributed by atoms with E-state index in [1.165, 1.54) is 48.5 Å². The van der Waals surface area contributed by atoms with Gasteiger partial charge in [-0.15, -0.1) is 0 Å². The minimum Gasteiger partial charge on any atom is -0.265 e. The van der Waals surface area contributed by atoms with Gasteiger partial charge in [0.25, 0.3) is 0 Å². The van der Waals surface area contributed by atoms with Crippen molar-refractivity contribution in [3.8, 4) is 0 Å². The van der Waals surface area contributed by atoms with Crippen molar-refractivity contribution in [2.75, 3.05) is 0 Å². The second kappa shape index (κ2) is 5.93. The van der Waals surface area contributed by atoms with Gasteiger partial charge in [0.15, 0.2) is 0 Å². The van der Waals surface area contributed by atoms with E-state index >= 15 is 0 Å². The Hall–Kier alpha value is -1.41. The topological polar surface area (TPSA) is 0 Å². The lowest BCUT2D eigenvalue weighted by atomic mass is 10.4. The molecule has 2 aromatic rings. The Morgan fingerprint density at radius 3 is 1.15 bits per heavy atom. The van der Waals surface area contributed by atoms with Crippen LogP contribution in [0.2, 0.25) is 12.1 Å². The van der Waals surface area contributed by atoms with Crippen LogP contribution < -0.4 is 10.4 Å². The first-order valence-corrected chi connectivity index (χ1v) is 10.2. The summed E-state index contributed by atoms with van der Waals surface area (Å²) in [4.78, 5) is 0. The largest absolute Gasteiger partial charge is 0.455 e. The van der Waals surface area contributed by atoms with Crippen molar-refractivity contribution in [2.24, 2.45) is 0 Å². The Kier molecular flexibility index (Phi) is 4.44. The summed E-state index contributed by atoms with van der Waals surface area (Å²) in [7, 11) is -9.53. The van der Waals surface area contributed by atoms with Crippen molar-refractivity contribution in [2.45, 2.75) is 12.1 Å². The van der Waals surface area contributed by atoms with Crippen LogP contribution in [0.1, 0.15) is 0 Å². The van der Waals surface area contributed by atoms with Crippen molar-refractivity contribution in [1.82, 2.24) is 0 Å². The van der Waals surface area contributed by atoms with E-state index in [2.05, 4.69) is 0 Å². The SMILES string of the molecule is F[Si](F)(CC[Si](F)(F)c1ccccc1)c1ccccc1. The van der Waals surface area contributed by atoms with Gasteiger partial charge in [-0.05, 0) is 0 Å². The van der Waals surface area contributed by atoms with Gasteiger partial charge >= 0.3 is 17.5 Å². The number of benzene rings is 2. The van der Waals surface area contributed by atoms with Crippen LogP contribution in [0.15, 0.2) is 60.7 Å². The van der Waals surface area contributed by atoms with Gasteiger partial charge in [0, 0.05) is 22.5 Å². The zero-order valence-electron chi connectivity index (χ0n) is 10.7. The van der Waals surface area contributed by atoms with Crippen LogP contribution in [-0.4, -0.2) is 17.5 Å². The summed E-state index contributed by atoms with van der Waals surface area (Å²) in [6.07, 6.45) is 0. The van der Waals surface area contributed by atoms with Crippen LogP contribution in [0.5, 0.6) is 0 Å². The average molecular weight is 314 g/mol. The molecule has 0 atom stereocenters. The molecule has 0 aliphatic rings. The van der Waals surface area contributed by atoms with E-state index in [0.29, 0.717) is 0 Å². The molecule has 0 bridgehead atoms. The van der Waals surface area contributed by atoms with Gasteiger partial charge in [-0.3, -0.25) is 16.4 Å². The second-order valence-electron chi connectivity index (χ2n) is 4.64. The Morgan fingerprint density at radius 1 is 0.550 bits per heavy atom. The summed E-state index contributed by atoms with van der Waals surface area (Å²) in [6.45, 7) is 0. The van der Waals surface area contributed by atoms with Crippen molar-refractivity contribution < 1.29 is 16.4 Å². The highest BCUT2D eigenvalue weighted by Crippen LogP contribution is 2.24. The molecule has 0 unspecified atom stereocenters. The maximum Gasteiger partial charge on any atom is 0.455 e. The van der Waals surface area contributed by atoms with Crippen LogP contribution in [0.3, 0.4) is 0 Å². The Balaban J connectivity index is 2.08. The van der Waals surface area contributed by atoms with Gasteiger partial charge in [-0.25, -0.2) is 0 Å². The summed E-state index contributed by atoms with van der Waals surface area (Å²) in [5.74, 6) is 0. The van der Waals surface area contributed by atoms with Crippen LogP contribution in [0.25, 0.3) is 0 Å². The molecule has 0 saturated heterocycles. The minimum atomic E-state index is -4.77. The molecule has 0 aliphatic heterocycles. The van der Waals surface area contributed by atoms with Crippen molar-refractivity contribution in [3.05, 3.63) is 60.7 Å². The van der Waals surface area contributed by atoms with E-state index in [1.54, 1.807) is 12.1 Å². The lowest BCUT2D eigenvalue weighted by Crippen LogP contribution is -2.44. The minimum absolute atomic E-state index is 0.0714. The maximum atomic E-state index is 14.0. The summed E-state index contributed by atoms with van der Waals surface area (Å²) in [5, 5.41) is -0.143. The molecule has 0 nitrogen and oxygen atoms in total. The standard InChI is InChI=1S/C14H14F4Si2/c15-19(16,13-7-3-1-4-8-13)11-12-20(17,18)14-9-5-2-6-10-14/h1-10H,11-12H2. The fraction of sp³-hybridized carbons (Fsp3) is 0.143. The first-order valence-electron chi connectivity index (χ1n) is 6.28. The summed E-state index contributed by atoms with van der Waals surface area (Å²) >= 11 is 0. The molecule has 0 spiro atoms. The fourth-order valence-electron chi connectivity index (χ4n) is 1.97. The Bertz CT molecular complexity index is 492. The van der Waals surface area contributed by atoms with E-state index < -0.39 is 29.6 Å². The third kappa shape index (κ3) is 3.58. The third-order valence-electron chi connectivity index (χ3n) is 3.15. The average Bonchev–Trinajstić information content (AvgIpc) is 2.47. The highest BCUT2D eigenvalue weighted by molar-refractivity contribution is 6.84. The smallest absolute Gasteiger partial charge is 0.265 e. The summed E-state index contributed by atoms with van der Waals surface area (Å²) < 4.78 is 56.1. The van der Waals surface area contributed by atoms with Crippen LogP contribution >= 0.6 is 0 Å². The van der Waals surface area contributed by atoms with Gasteiger partial charge in [0.1, 0.15) is 0 Å². The molecular weight excluding hydrogens is 300 g/mol. The quantitative estimate of drug-likeness (QED) is 0.450. The molecular formula is C14H14F4Si2. The zero-order valence-corrected chi connectivity index (χ0v) is 12.7. The van der Waals surface area contributed by atoms with Gasteiger partial charge in [0.2, 0.25) is 0 Å². The fourth-order valence-corrected chi connectivity index (χ4v) is 6.42. The normalized spacial score (nSPS) is 12.4. The monoisotopic (exact) mass is 314 g/mol. The number of rotatable bonds is 5. The second-order valence-corrected chi connectivity index (χ2v) is 9.61. The van der Waals surface area contributed by atoms with Crippen LogP contribution in [0.4, 0.5) is 16.4 Å². The number of hydrogen-bond acceptors (Lipinski definition) is 0. The van der Waals surface area contributed by atoms with Gasteiger partial charge in [0.05, 0.1) is 0 Å². The summed E-state index contributed by atoms with van der Waals surface area (Å²) in [6, 6.07) is 13.3. The van der Waals surface area contributed by atoms with Crippen LogP contribution in [-0.2, 0) is 0 Å². The number of halogens is 4. The van der Waals surface area contributed by atoms with Crippen molar-refractivity contribution >= 4 is 27.9 Å². The maximum absolute atomic E-state index is 14.0. The molecule has 106 valence electrons. The Morgan fingerprint density at radius 2 is 0.850 bits per heavy atom. The van der Waals surface area contributed by atoms with E-state index in [-0.39, 0.29) is 10.4 Å². The molecule has 0 heterocycles. The molecule has 0 saturated carbocycles. The van der Waals surface area contributed by atoms with E-state index in [1.807, 2.05) is 0 Å². The molecule has 0 aromatic heterocycles. The first-order chi connectivity index (χ1) is 9.42. The van der Waals surface area contributed by atoms with Gasteiger partial charge in [-0.2, -0.15) is 0 Å². The van der Waals surface area contributed by atoms with Crippen molar-refractivity contribution in [3.63, 3.8) is 0 Å². The predicted octanol–water partition coefficient (Wildman–Crippen LogP) is 3.56. The highest BCUT2D eigenvalue weighted by Gasteiger charge is 2.45. The first kappa shape index (κ1) is 15.0.